The van der Waals surface area contributed by atoms with E-state index in [-0.39, 0.29) is 0 Å². The molecule has 0 fully saturated rings. The van der Waals surface area contributed by atoms with Gasteiger partial charge in [0.25, 0.3) is 0 Å². The third-order valence-corrected chi connectivity index (χ3v) is 5.77. The maximum absolute atomic E-state index is 4.77. The Hall–Kier alpha value is -0.430. The van der Waals surface area contributed by atoms with Gasteiger partial charge in [-0.3, -0.25) is 0 Å². The molecule has 0 bridgehead atoms. The first-order chi connectivity index (χ1) is 12.3. The quantitative estimate of drug-likeness (QED) is 0.209. The highest BCUT2D eigenvalue weighted by Crippen LogP contribution is 2.17. The van der Waals surface area contributed by atoms with E-state index in [1.807, 2.05) is 0 Å². The molecule has 25 heavy (non-hydrogen) atoms. The Morgan fingerprint density at radius 1 is 0.640 bits per heavy atom. The van der Waals surface area contributed by atoms with E-state index in [1.165, 1.54) is 108 Å². The second-order valence-corrected chi connectivity index (χ2v) is 8.44. The highest BCUT2D eigenvalue weighted by molar-refractivity contribution is 7.80. The summed E-state index contributed by atoms with van der Waals surface area (Å²) in [6.45, 7) is 2.29. The monoisotopic (exact) mass is 362 g/mol. The maximum atomic E-state index is 4.77. The molecule has 0 spiro atoms. The molecule has 0 saturated carbocycles. The summed E-state index contributed by atoms with van der Waals surface area (Å²) < 4.78 is 0. The van der Waals surface area contributed by atoms with Crippen LogP contribution in [0.25, 0.3) is 0 Å². The molecule has 1 atom stereocenters. The van der Waals surface area contributed by atoms with Gasteiger partial charge in [-0.2, -0.15) is 12.6 Å². The predicted molar refractivity (Wildman–Crippen MR) is 118 cm³/mol. The maximum Gasteiger partial charge on any atom is 0.00199 e. The van der Waals surface area contributed by atoms with Crippen molar-refractivity contribution >= 4 is 12.6 Å². The Kier molecular flexibility index (Phi) is 15.4. The van der Waals surface area contributed by atoms with Gasteiger partial charge in [0, 0.05) is 5.25 Å². The summed E-state index contributed by atoms with van der Waals surface area (Å²) >= 11 is 4.77. The first kappa shape index (κ1) is 22.6. The van der Waals surface area contributed by atoms with Gasteiger partial charge >= 0.3 is 0 Å². The lowest BCUT2D eigenvalue weighted by Crippen LogP contribution is -2.01. The van der Waals surface area contributed by atoms with Crippen molar-refractivity contribution in [3.8, 4) is 0 Å². The Morgan fingerprint density at radius 3 is 1.64 bits per heavy atom. The van der Waals surface area contributed by atoms with Gasteiger partial charge in [0.15, 0.2) is 0 Å². The average molecular weight is 363 g/mol. The van der Waals surface area contributed by atoms with Crippen molar-refractivity contribution in [2.24, 2.45) is 0 Å². The second kappa shape index (κ2) is 17.0. The van der Waals surface area contributed by atoms with Gasteiger partial charge in [-0.05, 0) is 24.8 Å². The number of benzene rings is 1. The first-order valence-corrected chi connectivity index (χ1v) is 11.6. The lowest BCUT2D eigenvalue weighted by Gasteiger charge is -2.10. The average Bonchev–Trinajstić information content (AvgIpc) is 2.64. The molecule has 0 nitrogen and oxygen atoms in total. The molecule has 0 aliphatic rings. The number of aryl methyl sites for hydroxylation is 1. The summed E-state index contributed by atoms with van der Waals surface area (Å²) in [5, 5.41) is 0.577. The molecule has 0 aliphatic carbocycles. The van der Waals surface area contributed by atoms with Crippen molar-refractivity contribution in [1.82, 2.24) is 0 Å². The summed E-state index contributed by atoms with van der Waals surface area (Å²) in [5.74, 6) is 0. The lowest BCUT2D eigenvalue weighted by atomic mass is 10.0. The van der Waals surface area contributed by atoms with Crippen LogP contribution in [0.15, 0.2) is 30.3 Å². The molecule has 0 N–H and O–H groups in total. The largest absolute Gasteiger partial charge is 0.176 e. The lowest BCUT2D eigenvalue weighted by molar-refractivity contribution is 0.532. The van der Waals surface area contributed by atoms with Gasteiger partial charge in [0.05, 0.1) is 0 Å². The van der Waals surface area contributed by atoms with Crippen LogP contribution in [0, 0.1) is 0 Å². The highest BCUT2D eigenvalue weighted by Gasteiger charge is 2.03. The Labute approximate surface area is 163 Å². The van der Waals surface area contributed by atoms with Gasteiger partial charge in [-0.1, -0.05) is 121 Å². The smallest absolute Gasteiger partial charge is 0.00199 e. The number of hydrogen-bond acceptors (Lipinski definition) is 1. The minimum atomic E-state index is 0.577. The fraction of sp³-hybridized carbons (Fsp3) is 0.750. The molecule has 0 aromatic heterocycles. The normalized spacial score (nSPS) is 12.4. The second-order valence-electron chi connectivity index (χ2n) is 7.71. The SMILES string of the molecule is CCCCCCCCCCCCCCCC(S)CCc1ccccc1. The van der Waals surface area contributed by atoms with Crippen LogP contribution in [0.5, 0.6) is 0 Å². The van der Waals surface area contributed by atoms with Crippen LogP contribution in [0.1, 0.15) is 109 Å². The number of rotatable bonds is 17. The summed E-state index contributed by atoms with van der Waals surface area (Å²) in [5.41, 5.74) is 1.45. The van der Waals surface area contributed by atoms with Crippen LogP contribution in [-0.2, 0) is 6.42 Å². The zero-order valence-corrected chi connectivity index (χ0v) is 17.6. The molecule has 1 heteroatoms. The van der Waals surface area contributed by atoms with Gasteiger partial charge in [0.1, 0.15) is 0 Å². The zero-order chi connectivity index (χ0) is 18.0. The molecular formula is C24H42S. The van der Waals surface area contributed by atoms with Crippen molar-refractivity contribution in [2.75, 3.05) is 0 Å². The van der Waals surface area contributed by atoms with Crippen LogP contribution in [-0.4, -0.2) is 5.25 Å². The Balaban J connectivity index is 1.79. The third kappa shape index (κ3) is 14.4. The van der Waals surface area contributed by atoms with E-state index in [4.69, 9.17) is 12.6 Å². The van der Waals surface area contributed by atoms with Crippen molar-refractivity contribution in [2.45, 2.75) is 115 Å². The fourth-order valence-electron chi connectivity index (χ4n) is 3.52. The van der Waals surface area contributed by atoms with E-state index in [0.717, 1.165) is 0 Å². The van der Waals surface area contributed by atoms with Crippen molar-refractivity contribution < 1.29 is 0 Å². The van der Waals surface area contributed by atoms with E-state index in [2.05, 4.69) is 37.3 Å². The van der Waals surface area contributed by atoms with Crippen molar-refractivity contribution in [3.63, 3.8) is 0 Å². The van der Waals surface area contributed by atoms with Crippen LogP contribution >= 0.6 is 12.6 Å². The molecular weight excluding hydrogens is 320 g/mol. The predicted octanol–water partition coefficient (Wildman–Crippen LogP) is 8.40. The number of hydrogen-bond donors (Lipinski definition) is 1. The van der Waals surface area contributed by atoms with Gasteiger partial charge in [0.2, 0.25) is 0 Å². The van der Waals surface area contributed by atoms with Crippen LogP contribution < -0.4 is 0 Å². The molecule has 0 radical (unpaired) electrons. The van der Waals surface area contributed by atoms with Crippen LogP contribution in [0.2, 0.25) is 0 Å². The topological polar surface area (TPSA) is 0 Å². The molecule has 1 aromatic rings. The zero-order valence-electron chi connectivity index (χ0n) is 16.7. The van der Waals surface area contributed by atoms with Crippen molar-refractivity contribution in [3.05, 3.63) is 35.9 Å². The summed E-state index contributed by atoms with van der Waals surface area (Å²) in [4.78, 5) is 0. The first-order valence-electron chi connectivity index (χ1n) is 11.0. The molecule has 1 rings (SSSR count). The van der Waals surface area contributed by atoms with Gasteiger partial charge in [-0.25, -0.2) is 0 Å². The van der Waals surface area contributed by atoms with E-state index in [9.17, 15) is 0 Å². The van der Waals surface area contributed by atoms with Crippen molar-refractivity contribution in [1.29, 1.82) is 0 Å². The Morgan fingerprint density at radius 2 is 1.12 bits per heavy atom. The highest BCUT2D eigenvalue weighted by atomic mass is 32.1. The van der Waals surface area contributed by atoms with Gasteiger partial charge < -0.3 is 0 Å². The number of thiol groups is 1. The standard InChI is InChI=1S/C24H42S/c1-2-3-4-5-6-7-8-9-10-11-12-13-17-20-24(25)22-21-23-18-15-14-16-19-23/h14-16,18-19,24-25H,2-13,17,20-22H2,1H3. The van der Waals surface area contributed by atoms with Crippen LogP contribution in [0.3, 0.4) is 0 Å². The molecule has 0 heterocycles. The minimum Gasteiger partial charge on any atom is -0.176 e. The number of unbranched alkanes of at least 4 members (excludes halogenated alkanes) is 12. The van der Waals surface area contributed by atoms with E-state index in [0.29, 0.717) is 5.25 Å². The molecule has 0 saturated heterocycles. The van der Waals surface area contributed by atoms with E-state index >= 15 is 0 Å². The van der Waals surface area contributed by atoms with Gasteiger partial charge in [-0.15, -0.1) is 0 Å². The summed E-state index contributed by atoms with van der Waals surface area (Å²) in [6.07, 6.45) is 22.3. The fourth-order valence-corrected chi connectivity index (χ4v) is 3.83. The molecule has 0 amide bonds. The molecule has 144 valence electrons. The van der Waals surface area contributed by atoms with Crippen LogP contribution in [0.4, 0.5) is 0 Å². The third-order valence-electron chi connectivity index (χ3n) is 5.25. The minimum absolute atomic E-state index is 0.577. The Bertz CT molecular complexity index is 373. The molecule has 1 aromatic carbocycles. The van der Waals surface area contributed by atoms with E-state index < -0.39 is 0 Å². The van der Waals surface area contributed by atoms with E-state index in [1.54, 1.807) is 0 Å². The summed E-state index contributed by atoms with van der Waals surface area (Å²) in [7, 11) is 0. The molecule has 0 aliphatic heterocycles. The molecule has 1 unspecified atom stereocenters. The summed E-state index contributed by atoms with van der Waals surface area (Å²) in [6, 6.07) is 10.8.